The van der Waals surface area contributed by atoms with Crippen LogP contribution in [0.2, 0.25) is 10.0 Å². The summed E-state index contributed by atoms with van der Waals surface area (Å²) >= 11 is 13.8. The number of hydrogen-bond donors (Lipinski definition) is 0. The van der Waals surface area contributed by atoms with Crippen LogP contribution < -0.4 is 9.64 Å². The van der Waals surface area contributed by atoms with Crippen LogP contribution in [0.4, 0.5) is 5.13 Å². The zero-order chi connectivity index (χ0) is 16.2. The zero-order valence-electron chi connectivity index (χ0n) is 13.0. The summed E-state index contributed by atoms with van der Waals surface area (Å²) in [7, 11) is 0. The predicted octanol–water partition coefficient (Wildman–Crippen LogP) is 3.96. The van der Waals surface area contributed by atoms with Crippen LogP contribution >= 0.6 is 34.5 Å². The molecule has 0 bridgehead atoms. The van der Waals surface area contributed by atoms with Crippen molar-refractivity contribution in [3.8, 4) is 5.75 Å². The van der Waals surface area contributed by atoms with E-state index >= 15 is 0 Å². The van der Waals surface area contributed by atoms with Crippen molar-refractivity contribution >= 4 is 39.7 Å². The average molecular weight is 372 g/mol. The van der Waals surface area contributed by atoms with Crippen molar-refractivity contribution in [1.29, 1.82) is 0 Å². The molecule has 124 valence electrons. The van der Waals surface area contributed by atoms with E-state index in [1.54, 1.807) is 29.5 Å². The Morgan fingerprint density at radius 3 is 2.70 bits per heavy atom. The van der Waals surface area contributed by atoms with Crippen LogP contribution in [0.3, 0.4) is 0 Å². The van der Waals surface area contributed by atoms with Gasteiger partial charge in [-0.05, 0) is 19.1 Å². The van der Waals surface area contributed by atoms with E-state index in [4.69, 9.17) is 27.9 Å². The molecule has 1 fully saturated rings. The fourth-order valence-electron chi connectivity index (χ4n) is 2.52. The highest BCUT2D eigenvalue weighted by molar-refractivity contribution is 7.13. The van der Waals surface area contributed by atoms with E-state index in [1.165, 1.54) is 0 Å². The van der Waals surface area contributed by atoms with Crippen molar-refractivity contribution in [3.63, 3.8) is 0 Å². The maximum atomic E-state index is 6.10. The topological polar surface area (TPSA) is 28.6 Å². The standard InChI is InChI=1S/C16H19Cl2N3OS/c1-12-11-23-16(19-12)21-6-4-20(5-7-21)8-9-22-15-10-13(17)2-3-14(15)18/h2-3,10-11H,4-9H2,1H3. The lowest BCUT2D eigenvalue weighted by Gasteiger charge is -2.34. The minimum absolute atomic E-state index is 0.596. The maximum Gasteiger partial charge on any atom is 0.185 e. The molecular formula is C16H19Cl2N3OS. The third kappa shape index (κ3) is 4.51. The number of thiazole rings is 1. The van der Waals surface area contributed by atoms with Gasteiger partial charge in [-0.3, -0.25) is 4.90 Å². The molecule has 7 heteroatoms. The van der Waals surface area contributed by atoms with Crippen molar-refractivity contribution in [2.24, 2.45) is 0 Å². The number of piperazine rings is 1. The summed E-state index contributed by atoms with van der Waals surface area (Å²) in [5.41, 5.74) is 1.10. The quantitative estimate of drug-likeness (QED) is 0.795. The van der Waals surface area contributed by atoms with Crippen LogP contribution in [-0.4, -0.2) is 49.2 Å². The molecule has 1 aliphatic rings. The molecule has 2 heterocycles. The number of nitrogens with zero attached hydrogens (tertiary/aromatic N) is 3. The van der Waals surface area contributed by atoms with Gasteiger partial charge >= 0.3 is 0 Å². The zero-order valence-corrected chi connectivity index (χ0v) is 15.3. The van der Waals surface area contributed by atoms with Crippen molar-refractivity contribution in [2.45, 2.75) is 6.92 Å². The summed E-state index contributed by atoms with van der Waals surface area (Å²) in [5.74, 6) is 0.649. The fourth-order valence-corrected chi connectivity index (χ4v) is 3.71. The Balaban J connectivity index is 1.43. The van der Waals surface area contributed by atoms with Gasteiger partial charge in [0.25, 0.3) is 0 Å². The van der Waals surface area contributed by atoms with Crippen molar-refractivity contribution < 1.29 is 4.74 Å². The predicted molar refractivity (Wildman–Crippen MR) is 97.5 cm³/mol. The highest BCUT2D eigenvalue weighted by Gasteiger charge is 2.19. The molecule has 1 aliphatic heterocycles. The van der Waals surface area contributed by atoms with Crippen LogP contribution in [0, 0.1) is 6.92 Å². The second-order valence-electron chi connectivity index (χ2n) is 5.52. The first kappa shape index (κ1) is 16.8. The maximum absolute atomic E-state index is 6.10. The first-order chi connectivity index (χ1) is 11.1. The van der Waals surface area contributed by atoms with E-state index in [0.717, 1.165) is 43.5 Å². The molecule has 0 saturated carbocycles. The number of aromatic nitrogens is 1. The van der Waals surface area contributed by atoms with Crippen LogP contribution in [0.15, 0.2) is 23.6 Å². The number of rotatable bonds is 5. The summed E-state index contributed by atoms with van der Waals surface area (Å²) in [6, 6.07) is 5.27. The van der Waals surface area contributed by atoms with Gasteiger partial charge in [-0.25, -0.2) is 4.98 Å². The number of benzene rings is 1. The van der Waals surface area contributed by atoms with Gasteiger partial charge in [0.15, 0.2) is 5.13 Å². The molecule has 0 amide bonds. The van der Waals surface area contributed by atoms with E-state index in [9.17, 15) is 0 Å². The third-order valence-corrected chi connectivity index (χ3v) is 5.37. The normalized spacial score (nSPS) is 15.9. The number of halogens is 2. The van der Waals surface area contributed by atoms with Gasteiger partial charge in [0, 0.05) is 49.2 Å². The van der Waals surface area contributed by atoms with Crippen molar-refractivity contribution in [1.82, 2.24) is 9.88 Å². The SMILES string of the molecule is Cc1csc(N2CCN(CCOc3cc(Cl)ccc3Cl)CC2)n1. The molecule has 0 radical (unpaired) electrons. The summed E-state index contributed by atoms with van der Waals surface area (Å²) < 4.78 is 5.75. The van der Waals surface area contributed by atoms with Gasteiger partial charge in [0.05, 0.1) is 10.7 Å². The van der Waals surface area contributed by atoms with Crippen LogP contribution in [0.1, 0.15) is 5.69 Å². The Hall–Kier alpha value is -1.01. The molecule has 0 spiro atoms. The van der Waals surface area contributed by atoms with Gasteiger partial charge in [0.2, 0.25) is 0 Å². The van der Waals surface area contributed by atoms with E-state index in [1.807, 2.05) is 6.92 Å². The number of hydrogen-bond acceptors (Lipinski definition) is 5. The second kappa shape index (κ2) is 7.71. The Labute approximate surface area is 150 Å². The molecule has 1 aromatic heterocycles. The Morgan fingerprint density at radius 1 is 1.22 bits per heavy atom. The molecule has 2 aromatic rings. The minimum atomic E-state index is 0.596. The Bertz CT molecular complexity index is 657. The molecule has 0 atom stereocenters. The van der Waals surface area contributed by atoms with Crippen molar-refractivity contribution in [3.05, 3.63) is 39.3 Å². The van der Waals surface area contributed by atoms with E-state index in [-0.39, 0.29) is 0 Å². The molecule has 4 nitrogen and oxygen atoms in total. The summed E-state index contributed by atoms with van der Waals surface area (Å²) in [6.07, 6.45) is 0. The Morgan fingerprint density at radius 2 is 2.00 bits per heavy atom. The second-order valence-corrected chi connectivity index (χ2v) is 7.20. The highest BCUT2D eigenvalue weighted by atomic mass is 35.5. The average Bonchev–Trinajstić information content (AvgIpc) is 2.98. The molecule has 0 aliphatic carbocycles. The number of anilines is 1. The van der Waals surface area contributed by atoms with Crippen LogP contribution in [0.25, 0.3) is 0 Å². The fraction of sp³-hybridized carbons (Fsp3) is 0.438. The molecule has 23 heavy (non-hydrogen) atoms. The van der Waals surface area contributed by atoms with Crippen molar-refractivity contribution in [2.75, 3.05) is 44.2 Å². The molecule has 3 rings (SSSR count). The molecule has 1 aromatic carbocycles. The number of ether oxygens (including phenoxy) is 1. The largest absolute Gasteiger partial charge is 0.491 e. The van der Waals surface area contributed by atoms with Gasteiger partial charge in [-0.15, -0.1) is 11.3 Å². The molecule has 1 saturated heterocycles. The smallest absolute Gasteiger partial charge is 0.185 e. The molecule has 0 N–H and O–H groups in total. The van der Waals surface area contributed by atoms with Gasteiger partial charge in [-0.1, -0.05) is 23.2 Å². The minimum Gasteiger partial charge on any atom is -0.491 e. The summed E-state index contributed by atoms with van der Waals surface area (Å²) in [6.45, 7) is 7.57. The monoisotopic (exact) mass is 371 g/mol. The lowest BCUT2D eigenvalue weighted by Crippen LogP contribution is -2.47. The van der Waals surface area contributed by atoms with Crippen LogP contribution in [-0.2, 0) is 0 Å². The highest BCUT2D eigenvalue weighted by Crippen LogP contribution is 2.27. The van der Waals surface area contributed by atoms with E-state index < -0.39 is 0 Å². The molecular weight excluding hydrogens is 353 g/mol. The summed E-state index contributed by atoms with van der Waals surface area (Å²) in [4.78, 5) is 9.30. The molecule has 0 unspecified atom stereocenters. The van der Waals surface area contributed by atoms with E-state index in [2.05, 4.69) is 20.2 Å². The Kier molecular flexibility index (Phi) is 5.64. The van der Waals surface area contributed by atoms with Crippen LogP contribution in [0.5, 0.6) is 5.75 Å². The first-order valence-electron chi connectivity index (χ1n) is 7.59. The lowest BCUT2D eigenvalue weighted by molar-refractivity contribution is 0.200. The van der Waals surface area contributed by atoms with Gasteiger partial charge in [-0.2, -0.15) is 0 Å². The van der Waals surface area contributed by atoms with E-state index in [0.29, 0.717) is 22.4 Å². The van der Waals surface area contributed by atoms with Gasteiger partial charge < -0.3 is 9.64 Å². The summed E-state index contributed by atoms with van der Waals surface area (Å²) in [5, 5.41) is 4.46. The first-order valence-corrected chi connectivity index (χ1v) is 9.22. The number of aryl methyl sites for hydroxylation is 1. The third-order valence-electron chi connectivity index (χ3n) is 3.81. The van der Waals surface area contributed by atoms with Gasteiger partial charge in [0.1, 0.15) is 12.4 Å². The lowest BCUT2D eigenvalue weighted by atomic mass is 10.3.